The molecule has 8 nitrogen and oxygen atoms in total. The number of alkyl halides is 3. The lowest BCUT2D eigenvalue weighted by Gasteiger charge is -2.09. The summed E-state index contributed by atoms with van der Waals surface area (Å²) in [6, 6.07) is 16.1. The molecule has 0 aliphatic heterocycles. The van der Waals surface area contributed by atoms with Gasteiger partial charge >= 0.3 is 12.1 Å². The van der Waals surface area contributed by atoms with Gasteiger partial charge in [0.15, 0.2) is 0 Å². The summed E-state index contributed by atoms with van der Waals surface area (Å²) in [5.74, 6) is -2.27. The largest absolute Gasteiger partial charge is 0.490 e. The number of nitrogens with one attached hydrogen (secondary N) is 1. The third-order valence-electron chi connectivity index (χ3n) is 5.34. The zero-order valence-electron chi connectivity index (χ0n) is 20.0. The minimum absolute atomic E-state index is 0.488. The van der Waals surface area contributed by atoms with Crippen molar-refractivity contribution in [1.82, 2.24) is 24.7 Å². The number of halogens is 4. The second-order valence-corrected chi connectivity index (χ2v) is 8.53. The fourth-order valence-corrected chi connectivity index (χ4v) is 3.74. The lowest BCUT2D eigenvalue weighted by Crippen LogP contribution is -2.21. The van der Waals surface area contributed by atoms with Gasteiger partial charge in [0.2, 0.25) is 5.95 Å². The summed E-state index contributed by atoms with van der Waals surface area (Å²) in [4.78, 5) is 22.4. The highest BCUT2D eigenvalue weighted by Gasteiger charge is 2.38. The molecule has 0 fully saturated rings. The van der Waals surface area contributed by atoms with Crippen LogP contribution in [0.25, 0.3) is 33.2 Å². The molecular weight excluding hydrogens is 521 g/mol. The van der Waals surface area contributed by atoms with E-state index in [2.05, 4.69) is 31.4 Å². The molecule has 38 heavy (non-hydrogen) atoms. The number of fused-ring (bicyclic) bond motifs is 1. The predicted molar refractivity (Wildman–Crippen MR) is 138 cm³/mol. The molecule has 2 N–H and O–H groups in total. The van der Waals surface area contributed by atoms with Crippen molar-refractivity contribution < 1.29 is 23.1 Å². The molecule has 0 saturated carbocycles. The maximum absolute atomic E-state index is 10.6. The number of carboxylic acids is 1. The van der Waals surface area contributed by atoms with Gasteiger partial charge in [-0.3, -0.25) is 9.67 Å². The van der Waals surface area contributed by atoms with Crippen molar-refractivity contribution >= 4 is 40.1 Å². The first-order chi connectivity index (χ1) is 18.0. The fourth-order valence-electron chi connectivity index (χ4n) is 3.42. The molecule has 0 bridgehead atoms. The highest BCUT2D eigenvalue weighted by Crippen LogP contribution is 2.33. The number of aromatic nitrogens is 5. The van der Waals surface area contributed by atoms with E-state index < -0.39 is 12.1 Å². The highest BCUT2D eigenvalue weighted by molar-refractivity contribution is 6.37. The first-order valence-corrected chi connectivity index (χ1v) is 11.4. The van der Waals surface area contributed by atoms with Crippen LogP contribution >= 0.6 is 11.6 Å². The normalized spacial score (nSPS) is 11.1. The molecule has 0 spiro atoms. The molecule has 5 rings (SSSR count). The Kier molecular flexibility index (Phi) is 7.58. The fraction of sp³-hybridized carbons (Fsp3) is 0.115. The summed E-state index contributed by atoms with van der Waals surface area (Å²) in [6.07, 6.45) is 2.29. The maximum Gasteiger partial charge on any atom is 0.490 e. The van der Waals surface area contributed by atoms with Crippen LogP contribution in [0.1, 0.15) is 5.69 Å². The van der Waals surface area contributed by atoms with Crippen molar-refractivity contribution in [2.75, 3.05) is 5.32 Å². The molecule has 0 saturated heterocycles. The van der Waals surface area contributed by atoms with Crippen LogP contribution in [0.15, 0.2) is 73.3 Å². The van der Waals surface area contributed by atoms with E-state index in [1.54, 1.807) is 17.1 Å². The van der Waals surface area contributed by atoms with Crippen molar-refractivity contribution in [2.45, 2.75) is 13.1 Å². The minimum atomic E-state index is -5.08. The number of aliphatic carboxylic acids is 1. The number of rotatable bonds is 4. The summed E-state index contributed by atoms with van der Waals surface area (Å²) < 4.78 is 33.5. The first-order valence-electron chi connectivity index (χ1n) is 11.1. The van der Waals surface area contributed by atoms with Crippen LogP contribution in [0.3, 0.4) is 0 Å². The highest BCUT2D eigenvalue weighted by atomic mass is 35.5. The van der Waals surface area contributed by atoms with Gasteiger partial charge in [0.1, 0.15) is 0 Å². The van der Waals surface area contributed by atoms with E-state index in [1.165, 1.54) is 0 Å². The Morgan fingerprint density at radius 2 is 1.63 bits per heavy atom. The van der Waals surface area contributed by atoms with Crippen molar-refractivity contribution in [1.29, 1.82) is 0 Å². The Morgan fingerprint density at radius 1 is 0.947 bits per heavy atom. The third-order valence-corrected chi connectivity index (χ3v) is 5.72. The number of pyridine rings is 1. The van der Waals surface area contributed by atoms with Crippen LogP contribution in [-0.4, -0.2) is 42.0 Å². The van der Waals surface area contributed by atoms with Crippen molar-refractivity contribution in [3.63, 3.8) is 0 Å². The second kappa shape index (κ2) is 10.9. The Labute approximate surface area is 219 Å². The van der Waals surface area contributed by atoms with Crippen molar-refractivity contribution in [3.8, 4) is 22.3 Å². The number of anilines is 2. The standard InChI is InChI=1S/C24H19ClN6.C2HF3O2/c1-15-3-4-17(11-26-15)16-5-8-20(9-6-16)29-24-27-12-18-7-10-21(22(25)23(18)30-24)19-13-28-31(2)14-19;3-2(4,5)1(6)7/h3-14H,1-2H3,(H,27,29,30);(H,6,7). The topological polar surface area (TPSA) is 106 Å². The van der Waals surface area contributed by atoms with Gasteiger partial charge in [0.05, 0.1) is 16.7 Å². The number of hydrogen-bond donors (Lipinski definition) is 2. The Morgan fingerprint density at radius 3 is 2.21 bits per heavy atom. The average molecular weight is 541 g/mol. The van der Waals surface area contributed by atoms with Gasteiger partial charge < -0.3 is 10.4 Å². The van der Waals surface area contributed by atoms with Crippen LogP contribution in [0, 0.1) is 6.92 Å². The molecule has 3 aromatic heterocycles. The summed E-state index contributed by atoms with van der Waals surface area (Å²) in [7, 11) is 1.88. The molecule has 0 radical (unpaired) electrons. The SMILES string of the molecule is Cc1ccc(-c2ccc(Nc3ncc4ccc(-c5cnn(C)c5)c(Cl)c4n3)cc2)cn1.O=C(O)C(F)(F)F. The van der Waals surface area contributed by atoms with E-state index in [4.69, 9.17) is 21.5 Å². The van der Waals surface area contributed by atoms with Crippen LogP contribution in [0.4, 0.5) is 24.8 Å². The molecular formula is C26H20ClF3N6O2. The lowest BCUT2D eigenvalue weighted by molar-refractivity contribution is -0.192. The molecule has 0 aliphatic carbocycles. The number of aryl methyl sites for hydroxylation is 2. The lowest BCUT2D eigenvalue weighted by atomic mass is 10.1. The summed E-state index contributed by atoms with van der Waals surface area (Å²) in [6.45, 7) is 1.98. The predicted octanol–water partition coefficient (Wildman–Crippen LogP) is 6.43. The molecule has 0 atom stereocenters. The van der Waals surface area contributed by atoms with Gasteiger partial charge in [-0.2, -0.15) is 18.3 Å². The monoisotopic (exact) mass is 540 g/mol. The average Bonchev–Trinajstić information content (AvgIpc) is 3.31. The van der Waals surface area contributed by atoms with Crippen LogP contribution < -0.4 is 5.32 Å². The van der Waals surface area contributed by atoms with Gasteiger partial charge in [-0.25, -0.2) is 14.8 Å². The van der Waals surface area contributed by atoms with Crippen LogP contribution in [0.5, 0.6) is 0 Å². The zero-order chi connectivity index (χ0) is 27.4. The number of benzene rings is 2. The van der Waals surface area contributed by atoms with Gasteiger partial charge in [0.25, 0.3) is 0 Å². The molecule has 0 aliphatic rings. The van der Waals surface area contributed by atoms with Gasteiger partial charge in [-0.1, -0.05) is 41.9 Å². The molecule has 0 unspecified atom stereocenters. The Balaban J connectivity index is 0.000000426. The number of carboxylic acid groups (broad SMARTS) is 1. The third kappa shape index (κ3) is 6.24. The van der Waals surface area contributed by atoms with Crippen LogP contribution in [0.2, 0.25) is 5.02 Å². The number of hydrogen-bond acceptors (Lipinski definition) is 6. The number of carbonyl (C=O) groups is 1. The molecule has 3 heterocycles. The Hall–Kier alpha value is -4.51. The van der Waals surface area contributed by atoms with E-state index in [1.807, 2.05) is 68.8 Å². The molecule has 0 amide bonds. The van der Waals surface area contributed by atoms with E-state index >= 15 is 0 Å². The summed E-state index contributed by atoms with van der Waals surface area (Å²) in [5, 5.41) is 16.1. The van der Waals surface area contributed by atoms with Gasteiger partial charge in [0, 0.05) is 59.1 Å². The van der Waals surface area contributed by atoms with E-state index in [9.17, 15) is 13.2 Å². The second-order valence-electron chi connectivity index (χ2n) is 8.15. The smallest absolute Gasteiger partial charge is 0.475 e. The molecule has 194 valence electrons. The quantitative estimate of drug-likeness (QED) is 0.270. The summed E-state index contributed by atoms with van der Waals surface area (Å²) in [5.41, 5.74) is 6.61. The molecule has 5 aromatic rings. The summed E-state index contributed by atoms with van der Waals surface area (Å²) >= 11 is 6.70. The zero-order valence-corrected chi connectivity index (χ0v) is 20.8. The van der Waals surface area contributed by atoms with E-state index in [0.717, 1.165) is 39.0 Å². The van der Waals surface area contributed by atoms with Crippen LogP contribution in [-0.2, 0) is 11.8 Å². The first kappa shape index (κ1) is 26.6. The Bertz CT molecular complexity index is 1590. The molecule has 2 aromatic carbocycles. The van der Waals surface area contributed by atoms with E-state index in [0.29, 0.717) is 16.5 Å². The van der Waals surface area contributed by atoms with E-state index in [-0.39, 0.29) is 0 Å². The van der Waals surface area contributed by atoms with Gasteiger partial charge in [-0.05, 0) is 30.7 Å². The number of nitrogens with zero attached hydrogens (tertiary/aromatic N) is 5. The minimum Gasteiger partial charge on any atom is -0.475 e. The van der Waals surface area contributed by atoms with Crippen molar-refractivity contribution in [2.24, 2.45) is 7.05 Å². The van der Waals surface area contributed by atoms with Gasteiger partial charge in [-0.15, -0.1) is 0 Å². The maximum atomic E-state index is 10.6. The molecule has 12 heteroatoms. The van der Waals surface area contributed by atoms with Crippen molar-refractivity contribution in [3.05, 3.63) is 84.0 Å².